The van der Waals surface area contributed by atoms with Crippen molar-refractivity contribution in [1.29, 1.82) is 5.26 Å². The van der Waals surface area contributed by atoms with Crippen LogP contribution in [0, 0.1) is 17.2 Å². The predicted octanol–water partition coefficient (Wildman–Crippen LogP) is 2.26. The van der Waals surface area contributed by atoms with Crippen LogP contribution in [0.5, 0.6) is 0 Å². The highest BCUT2D eigenvalue weighted by molar-refractivity contribution is 5.84. The SMILES string of the molecule is N#Cc1ccc(CNC(=O)CNC(=O)CC2CCCCC2)cc1. The number of nitriles is 1. The molecule has 0 aliphatic heterocycles. The average molecular weight is 313 g/mol. The molecule has 1 fully saturated rings. The third-order valence-electron chi connectivity index (χ3n) is 4.22. The van der Waals surface area contributed by atoms with Gasteiger partial charge in [-0.25, -0.2) is 0 Å². The van der Waals surface area contributed by atoms with E-state index in [1.54, 1.807) is 24.3 Å². The summed E-state index contributed by atoms with van der Waals surface area (Å²) < 4.78 is 0. The van der Waals surface area contributed by atoms with E-state index >= 15 is 0 Å². The molecule has 0 radical (unpaired) electrons. The number of hydrogen-bond donors (Lipinski definition) is 2. The van der Waals surface area contributed by atoms with E-state index in [1.807, 2.05) is 0 Å². The normalized spacial score (nSPS) is 14.7. The molecule has 5 nitrogen and oxygen atoms in total. The lowest BCUT2D eigenvalue weighted by molar-refractivity contribution is -0.126. The number of nitrogens with zero attached hydrogens (tertiary/aromatic N) is 1. The van der Waals surface area contributed by atoms with E-state index in [4.69, 9.17) is 5.26 Å². The van der Waals surface area contributed by atoms with E-state index in [0.29, 0.717) is 24.4 Å². The van der Waals surface area contributed by atoms with Crippen molar-refractivity contribution in [2.75, 3.05) is 6.54 Å². The van der Waals surface area contributed by atoms with Crippen LogP contribution in [0.3, 0.4) is 0 Å². The van der Waals surface area contributed by atoms with Gasteiger partial charge >= 0.3 is 0 Å². The maximum Gasteiger partial charge on any atom is 0.239 e. The van der Waals surface area contributed by atoms with Crippen LogP contribution < -0.4 is 10.6 Å². The molecule has 0 bridgehead atoms. The minimum absolute atomic E-state index is 0.0157. The minimum Gasteiger partial charge on any atom is -0.350 e. The van der Waals surface area contributed by atoms with E-state index in [9.17, 15) is 9.59 Å². The van der Waals surface area contributed by atoms with Crippen molar-refractivity contribution in [2.24, 2.45) is 5.92 Å². The van der Waals surface area contributed by atoms with Gasteiger partial charge in [-0.3, -0.25) is 9.59 Å². The second-order valence-corrected chi connectivity index (χ2v) is 6.07. The van der Waals surface area contributed by atoms with Crippen molar-refractivity contribution in [1.82, 2.24) is 10.6 Å². The quantitative estimate of drug-likeness (QED) is 0.845. The Morgan fingerprint density at radius 2 is 1.74 bits per heavy atom. The Hall–Kier alpha value is -2.35. The maximum absolute atomic E-state index is 11.8. The van der Waals surface area contributed by atoms with Crippen LogP contribution in [0.15, 0.2) is 24.3 Å². The molecule has 0 atom stereocenters. The molecular formula is C18H23N3O2. The van der Waals surface area contributed by atoms with Gasteiger partial charge in [-0.1, -0.05) is 31.4 Å². The first kappa shape index (κ1) is 17.0. The topological polar surface area (TPSA) is 82.0 Å². The van der Waals surface area contributed by atoms with Crippen LogP contribution in [-0.2, 0) is 16.1 Å². The molecule has 23 heavy (non-hydrogen) atoms. The summed E-state index contributed by atoms with van der Waals surface area (Å²) in [6.07, 6.45) is 6.47. The molecule has 2 N–H and O–H groups in total. The van der Waals surface area contributed by atoms with Crippen LogP contribution in [0.1, 0.15) is 49.7 Å². The van der Waals surface area contributed by atoms with Gasteiger partial charge in [0.05, 0.1) is 18.2 Å². The van der Waals surface area contributed by atoms with Crippen LogP contribution >= 0.6 is 0 Å². The molecule has 0 heterocycles. The Morgan fingerprint density at radius 3 is 2.39 bits per heavy atom. The Labute approximate surface area is 137 Å². The van der Waals surface area contributed by atoms with Gasteiger partial charge in [0.1, 0.15) is 0 Å². The van der Waals surface area contributed by atoms with Gasteiger partial charge in [-0.2, -0.15) is 5.26 Å². The summed E-state index contributed by atoms with van der Waals surface area (Å²) in [6.45, 7) is 0.408. The summed E-state index contributed by atoms with van der Waals surface area (Å²) in [4.78, 5) is 23.6. The summed E-state index contributed by atoms with van der Waals surface area (Å²) in [7, 11) is 0. The van der Waals surface area contributed by atoms with E-state index in [-0.39, 0.29) is 18.4 Å². The van der Waals surface area contributed by atoms with Gasteiger partial charge in [-0.15, -0.1) is 0 Å². The zero-order valence-corrected chi connectivity index (χ0v) is 13.3. The maximum atomic E-state index is 11.8. The average Bonchev–Trinajstić information content (AvgIpc) is 2.59. The summed E-state index contributed by atoms with van der Waals surface area (Å²) in [6, 6.07) is 9.09. The van der Waals surface area contributed by atoms with Gasteiger partial charge in [0.25, 0.3) is 0 Å². The molecule has 0 unspecified atom stereocenters. The van der Waals surface area contributed by atoms with Crippen molar-refractivity contribution < 1.29 is 9.59 Å². The number of carbonyl (C=O) groups excluding carboxylic acids is 2. The van der Waals surface area contributed by atoms with E-state index in [1.165, 1.54) is 19.3 Å². The summed E-state index contributed by atoms with van der Waals surface area (Å²) in [5, 5.41) is 14.2. The molecule has 0 aromatic heterocycles. The summed E-state index contributed by atoms with van der Waals surface area (Å²) in [5.74, 6) is 0.238. The van der Waals surface area contributed by atoms with Crippen molar-refractivity contribution >= 4 is 11.8 Å². The van der Waals surface area contributed by atoms with E-state index in [2.05, 4.69) is 16.7 Å². The Balaban J connectivity index is 1.64. The molecule has 1 aromatic rings. The number of carbonyl (C=O) groups is 2. The molecule has 2 amide bonds. The van der Waals surface area contributed by atoms with Crippen LogP contribution in [0.4, 0.5) is 0 Å². The van der Waals surface area contributed by atoms with Gasteiger partial charge in [0.15, 0.2) is 0 Å². The number of amides is 2. The third-order valence-corrected chi connectivity index (χ3v) is 4.22. The van der Waals surface area contributed by atoms with Gasteiger partial charge < -0.3 is 10.6 Å². The second-order valence-electron chi connectivity index (χ2n) is 6.07. The zero-order valence-electron chi connectivity index (χ0n) is 13.3. The Kier molecular flexibility index (Phi) is 6.61. The van der Waals surface area contributed by atoms with Crippen molar-refractivity contribution in [3.8, 4) is 6.07 Å². The van der Waals surface area contributed by atoms with Crippen LogP contribution in [-0.4, -0.2) is 18.4 Å². The highest BCUT2D eigenvalue weighted by atomic mass is 16.2. The summed E-state index contributed by atoms with van der Waals surface area (Å²) >= 11 is 0. The highest BCUT2D eigenvalue weighted by Crippen LogP contribution is 2.25. The monoisotopic (exact) mass is 313 g/mol. The number of benzene rings is 1. The molecule has 2 rings (SSSR count). The van der Waals surface area contributed by atoms with Crippen molar-refractivity contribution in [3.05, 3.63) is 35.4 Å². The fraction of sp³-hybridized carbons (Fsp3) is 0.500. The first-order chi connectivity index (χ1) is 11.2. The second kappa shape index (κ2) is 8.94. The largest absolute Gasteiger partial charge is 0.350 e. The zero-order chi connectivity index (χ0) is 16.5. The number of nitrogens with one attached hydrogen (secondary N) is 2. The fourth-order valence-corrected chi connectivity index (χ4v) is 2.86. The molecule has 0 saturated heterocycles. The molecule has 1 saturated carbocycles. The predicted molar refractivity (Wildman–Crippen MR) is 87.2 cm³/mol. The minimum atomic E-state index is -0.202. The highest BCUT2D eigenvalue weighted by Gasteiger charge is 2.17. The number of hydrogen-bond acceptors (Lipinski definition) is 3. The Bertz CT molecular complexity index is 569. The Morgan fingerprint density at radius 1 is 1.04 bits per heavy atom. The molecule has 1 aliphatic carbocycles. The fourth-order valence-electron chi connectivity index (χ4n) is 2.86. The number of rotatable bonds is 6. The third kappa shape index (κ3) is 6.11. The lowest BCUT2D eigenvalue weighted by Crippen LogP contribution is -2.37. The van der Waals surface area contributed by atoms with Crippen LogP contribution in [0.25, 0.3) is 0 Å². The standard InChI is InChI=1S/C18H23N3O2/c19-11-15-6-8-16(9-7-15)12-20-18(23)13-21-17(22)10-14-4-2-1-3-5-14/h6-9,14H,1-5,10,12-13H2,(H,20,23)(H,21,22). The lowest BCUT2D eigenvalue weighted by Gasteiger charge is -2.20. The van der Waals surface area contributed by atoms with Crippen LogP contribution in [0.2, 0.25) is 0 Å². The van der Waals surface area contributed by atoms with E-state index < -0.39 is 0 Å². The lowest BCUT2D eigenvalue weighted by atomic mass is 9.87. The first-order valence-corrected chi connectivity index (χ1v) is 8.20. The molecule has 1 aliphatic rings. The van der Waals surface area contributed by atoms with Crippen molar-refractivity contribution in [3.63, 3.8) is 0 Å². The van der Waals surface area contributed by atoms with E-state index in [0.717, 1.165) is 18.4 Å². The molecule has 0 spiro atoms. The smallest absolute Gasteiger partial charge is 0.239 e. The van der Waals surface area contributed by atoms with Gasteiger partial charge in [-0.05, 0) is 36.5 Å². The molecule has 5 heteroatoms. The van der Waals surface area contributed by atoms with Gasteiger partial charge in [0.2, 0.25) is 11.8 Å². The van der Waals surface area contributed by atoms with Gasteiger partial charge in [0, 0.05) is 13.0 Å². The van der Waals surface area contributed by atoms with Crippen molar-refractivity contribution in [2.45, 2.75) is 45.1 Å². The molecule has 122 valence electrons. The molecule has 1 aromatic carbocycles. The summed E-state index contributed by atoms with van der Waals surface area (Å²) in [5.41, 5.74) is 1.51. The first-order valence-electron chi connectivity index (χ1n) is 8.20. The molecular weight excluding hydrogens is 290 g/mol.